The summed E-state index contributed by atoms with van der Waals surface area (Å²) >= 11 is 0. The molecule has 2 rings (SSSR count). The Balaban J connectivity index is 2.07. The van der Waals surface area contributed by atoms with Gasteiger partial charge < -0.3 is 10.4 Å². The van der Waals surface area contributed by atoms with Gasteiger partial charge in [-0.05, 0) is 43.7 Å². The average Bonchev–Trinajstić information content (AvgIpc) is 2.45. The van der Waals surface area contributed by atoms with Crippen LogP contribution in [0.2, 0.25) is 0 Å². The maximum absolute atomic E-state index is 12.1. The van der Waals surface area contributed by atoms with E-state index >= 15 is 0 Å². The first kappa shape index (κ1) is 14.7. The summed E-state index contributed by atoms with van der Waals surface area (Å²) in [5, 5.41) is 11.7. The van der Waals surface area contributed by atoms with Crippen molar-refractivity contribution in [1.82, 2.24) is 10.3 Å². The molecule has 0 atom stereocenters. The van der Waals surface area contributed by atoms with E-state index in [0.717, 1.165) is 11.3 Å². The van der Waals surface area contributed by atoms with Crippen molar-refractivity contribution in [3.8, 4) is 0 Å². The highest BCUT2D eigenvalue weighted by atomic mass is 16.4. The number of nitrogens with zero attached hydrogens (tertiary/aromatic N) is 1. The van der Waals surface area contributed by atoms with E-state index in [2.05, 4.69) is 10.3 Å². The Morgan fingerprint density at radius 2 is 1.95 bits per heavy atom. The lowest BCUT2D eigenvalue weighted by Gasteiger charge is -2.08. The van der Waals surface area contributed by atoms with Crippen LogP contribution in [-0.2, 0) is 6.54 Å². The SMILES string of the molecule is Cc1ccc(C(=O)NCc2cccc(C(=O)O)c2)c(C)n1. The number of hydrogen-bond donors (Lipinski definition) is 2. The number of carbonyl (C=O) groups excluding carboxylic acids is 1. The van der Waals surface area contributed by atoms with Crippen LogP contribution in [0.1, 0.15) is 37.7 Å². The fourth-order valence-electron chi connectivity index (χ4n) is 2.02. The van der Waals surface area contributed by atoms with Gasteiger partial charge in [-0.1, -0.05) is 12.1 Å². The minimum atomic E-state index is -0.984. The molecular formula is C16H16N2O3. The molecule has 2 aromatic rings. The first-order valence-corrected chi connectivity index (χ1v) is 6.52. The van der Waals surface area contributed by atoms with Crippen molar-refractivity contribution in [2.24, 2.45) is 0 Å². The summed E-state index contributed by atoms with van der Waals surface area (Å²) in [4.78, 5) is 27.2. The molecule has 1 heterocycles. The molecule has 0 spiro atoms. The molecule has 0 radical (unpaired) electrons. The smallest absolute Gasteiger partial charge is 0.335 e. The van der Waals surface area contributed by atoms with E-state index < -0.39 is 5.97 Å². The standard InChI is InChI=1S/C16H16N2O3/c1-10-6-7-14(11(2)18-10)15(19)17-9-12-4-3-5-13(8-12)16(20)21/h3-8H,9H2,1-2H3,(H,17,19)(H,20,21). The van der Waals surface area contributed by atoms with Crippen LogP contribution in [-0.4, -0.2) is 22.0 Å². The molecule has 0 fully saturated rings. The van der Waals surface area contributed by atoms with Crippen molar-refractivity contribution < 1.29 is 14.7 Å². The van der Waals surface area contributed by atoms with Gasteiger partial charge in [0.15, 0.2) is 0 Å². The molecule has 0 bridgehead atoms. The number of carboxylic acids is 1. The van der Waals surface area contributed by atoms with E-state index in [0.29, 0.717) is 11.3 Å². The summed E-state index contributed by atoms with van der Waals surface area (Å²) in [5.74, 6) is -1.21. The van der Waals surface area contributed by atoms with Crippen molar-refractivity contribution in [3.05, 3.63) is 64.5 Å². The van der Waals surface area contributed by atoms with Crippen molar-refractivity contribution in [1.29, 1.82) is 0 Å². The van der Waals surface area contributed by atoms with Crippen LogP contribution in [0.4, 0.5) is 0 Å². The van der Waals surface area contributed by atoms with Gasteiger partial charge in [0.2, 0.25) is 0 Å². The predicted molar refractivity (Wildman–Crippen MR) is 78.3 cm³/mol. The lowest BCUT2D eigenvalue weighted by atomic mass is 10.1. The van der Waals surface area contributed by atoms with Crippen molar-refractivity contribution in [3.63, 3.8) is 0 Å². The normalized spacial score (nSPS) is 10.2. The zero-order valence-electron chi connectivity index (χ0n) is 11.9. The molecule has 0 aliphatic carbocycles. The van der Waals surface area contributed by atoms with Crippen LogP contribution in [0.5, 0.6) is 0 Å². The van der Waals surface area contributed by atoms with E-state index in [1.54, 1.807) is 37.3 Å². The Labute approximate surface area is 122 Å². The molecule has 1 aromatic carbocycles. The Morgan fingerprint density at radius 1 is 1.19 bits per heavy atom. The quantitative estimate of drug-likeness (QED) is 0.903. The Morgan fingerprint density at radius 3 is 2.62 bits per heavy atom. The number of benzene rings is 1. The molecule has 0 aliphatic rings. The number of nitrogens with one attached hydrogen (secondary N) is 1. The number of carbonyl (C=O) groups is 2. The fourth-order valence-corrected chi connectivity index (χ4v) is 2.02. The zero-order chi connectivity index (χ0) is 15.4. The molecule has 108 valence electrons. The number of aromatic carboxylic acids is 1. The molecule has 5 heteroatoms. The van der Waals surface area contributed by atoms with E-state index in [1.165, 1.54) is 6.07 Å². The number of aryl methyl sites for hydroxylation is 2. The van der Waals surface area contributed by atoms with E-state index in [1.807, 2.05) is 6.92 Å². The number of carboxylic acid groups (broad SMARTS) is 1. The molecule has 0 saturated heterocycles. The zero-order valence-corrected chi connectivity index (χ0v) is 11.9. The van der Waals surface area contributed by atoms with Crippen LogP contribution in [0.3, 0.4) is 0 Å². The maximum atomic E-state index is 12.1. The lowest BCUT2D eigenvalue weighted by Crippen LogP contribution is -2.24. The molecule has 1 amide bonds. The Kier molecular flexibility index (Phi) is 4.33. The van der Waals surface area contributed by atoms with Gasteiger partial charge in [0.05, 0.1) is 16.8 Å². The maximum Gasteiger partial charge on any atom is 0.335 e. The van der Waals surface area contributed by atoms with Gasteiger partial charge >= 0.3 is 5.97 Å². The summed E-state index contributed by atoms with van der Waals surface area (Å²) in [6.45, 7) is 3.92. The number of aromatic nitrogens is 1. The highest BCUT2D eigenvalue weighted by molar-refractivity contribution is 5.95. The second-order valence-electron chi connectivity index (χ2n) is 4.77. The van der Waals surface area contributed by atoms with Gasteiger partial charge in [-0.25, -0.2) is 4.79 Å². The van der Waals surface area contributed by atoms with E-state index in [9.17, 15) is 9.59 Å². The van der Waals surface area contributed by atoms with Crippen LogP contribution in [0.25, 0.3) is 0 Å². The summed E-state index contributed by atoms with van der Waals surface area (Å²) in [6.07, 6.45) is 0. The third kappa shape index (κ3) is 3.66. The molecule has 0 aliphatic heterocycles. The van der Waals surface area contributed by atoms with E-state index in [4.69, 9.17) is 5.11 Å². The lowest BCUT2D eigenvalue weighted by molar-refractivity contribution is 0.0696. The molecule has 5 nitrogen and oxygen atoms in total. The Hall–Kier alpha value is -2.69. The number of rotatable bonds is 4. The van der Waals surface area contributed by atoms with Crippen LogP contribution in [0, 0.1) is 13.8 Å². The first-order valence-electron chi connectivity index (χ1n) is 6.52. The Bertz CT molecular complexity index is 696. The second kappa shape index (κ2) is 6.17. The monoisotopic (exact) mass is 284 g/mol. The summed E-state index contributed by atoms with van der Waals surface area (Å²) in [5.41, 5.74) is 3.00. The minimum absolute atomic E-state index is 0.204. The highest BCUT2D eigenvalue weighted by Gasteiger charge is 2.10. The number of pyridine rings is 1. The average molecular weight is 284 g/mol. The summed E-state index contributed by atoms with van der Waals surface area (Å²) in [7, 11) is 0. The number of hydrogen-bond acceptors (Lipinski definition) is 3. The van der Waals surface area contributed by atoms with Gasteiger partial charge in [0.25, 0.3) is 5.91 Å². The number of amides is 1. The van der Waals surface area contributed by atoms with Gasteiger partial charge in [-0.15, -0.1) is 0 Å². The third-order valence-corrected chi connectivity index (χ3v) is 3.10. The van der Waals surface area contributed by atoms with Crippen molar-refractivity contribution in [2.45, 2.75) is 20.4 Å². The van der Waals surface area contributed by atoms with Gasteiger partial charge in [-0.3, -0.25) is 9.78 Å². The molecule has 0 saturated carbocycles. The molecule has 0 unspecified atom stereocenters. The van der Waals surface area contributed by atoms with Gasteiger partial charge in [0.1, 0.15) is 0 Å². The third-order valence-electron chi connectivity index (χ3n) is 3.10. The van der Waals surface area contributed by atoms with E-state index in [-0.39, 0.29) is 18.0 Å². The largest absolute Gasteiger partial charge is 0.478 e. The first-order chi connectivity index (χ1) is 9.97. The molecular weight excluding hydrogens is 268 g/mol. The minimum Gasteiger partial charge on any atom is -0.478 e. The highest BCUT2D eigenvalue weighted by Crippen LogP contribution is 2.08. The van der Waals surface area contributed by atoms with Crippen LogP contribution in [0.15, 0.2) is 36.4 Å². The predicted octanol–water partition coefficient (Wildman–Crippen LogP) is 2.33. The van der Waals surface area contributed by atoms with Crippen LogP contribution >= 0.6 is 0 Å². The second-order valence-corrected chi connectivity index (χ2v) is 4.77. The topological polar surface area (TPSA) is 79.3 Å². The fraction of sp³-hybridized carbons (Fsp3) is 0.188. The molecule has 21 heavy (non-hydrogen) atoms. The summed E-state index contributed by atoms with van der Waals surface area (Å²) in [6, 6.07) is 10.0. The molecule has 2 N–H and O–H groups in total. The van der Waals surface area contributed by atoms with Crippen molar-refractivity contribution in [2.75, 3.05) is 0 Å². The molecule has 1 aromatic heterocycles. The van der Waals surface area contributed by atoms with Crippen LogP contribution < -0.4 is 5.32 Å². The van der Waals surface area contributed by atoms with Gasteiger partial charge in [0, 0.05) is 12.2 Å². The van der Waals surface area contributed by atoms with Crippen molar-refractivity contribution >= 4 is 11.9 Å². The van der Waals surface area contributed by atoms with Gasteiger partial charge in [-0.2, -0.15) is 0 Å². The summed E-state index contributed by atoms with van der Waals surface area (Å²) < 4.78 is 0.